The zero-order valence-corrected chi connectivity index (χ0v) is 25.8. The standard InChI is InChI=1S/C33H26ClN3O7S/c1-41-25-16-21(17-26(42-2)29(25)43-3)31(38)36-22-14-12-19(13-15-22)32(39)37-35-18-20-8-4-6-10-24(20)44-33(40)30-28(34)23-9-5-7-11-27(23)45-30/h4-18H,1-3H3,(H,36,38)(H,37,39)/b35-18-. The maximum absolute atomic E-state index is 12.9. The molecule has 2 amide bonds. The summed E-state index contributed by atoms with van der Waals surface area (Å²) in [7, 11) is 4.40. The molecule has 0 aliphatic rings. The van der Waals surface area contributed by atoms with E-state index >= 15 is 0 Å². The minimum absolute atomic E-state index is 0.251. The topological polar surface area (TPSA) is 125 Å². The third-order valence-corrected chi connectivity index (χ3v) is 8.20. The fraction of sp³-hybridized carbons (Fsp3) is 0.0909. The van der Waals surface area contributed by atoms with Crippen LogP contribution in [0.3, 0.4) is 0 Å². The first-order valence-corrected chi connectivity index (χ1v) is 14.6. The van der Waals surface area contributed by atoms with Crippen molar-refractivity contribution in [1.29, 1.82) is 0 Å². The van der Waals surface area contributed by atoms with Crippen molar-refractivity contribution in [1.82, 2.24) is 5.43 Å². The van der Waals surface area contributed by atoms with Gasteiger partial charge in [-0.1, -0.05) is 41.9 Å². The van der Waals surface area contributed by atoms with Crippen LogP contribution in [0, 0.1) is 0 Å². The maximum atomic E-state index is 12.9. The lowest BCUT2D eigenvalue weighted by atomic mass is 10.1. The molecule has 45 heavy (non-hydrogen) atoms. The molecule has 5 rings (SSSR count). The highest BCUT2D eigenvalue weighted by atomic mass is 35.5. The van der Waals surface area contributed by atoms with Crippen LogP contribution in [0.15, 0.2) is 90.0 Å². The molecule has 0 aliphatic heterocycles. The molecular formula is C33H26ClN3O7S. The van der Waals surface area contributed by atoms with Crippen LogP contribution >= 0.6 is 22.9 Å². The number of hydrogen-bond acceptors (Lipinski definition) is 9. The zero-order chi connectivity index (χ0) is 31.9. The molecule has 0 saturated carbocycles. The number of esters is 1. The number of methoxy groups -OCH3 is 3. The van der Waals surface area contributed by atoms with E-state index < -0.39 is 17.8 Å². The smallest absolute Gasteiger partial charge is 0.355 e. The molecule has 0 aliphatic carbocycles. The Morgan fingerprint density at radius 3 is 2.11 bits per heavy atom. The third-order valence-electron chi connectivity index (χ3n) is 6.54. The Kier molecular flexibility index (Phi) is 9.61. The van der Waals surface area contributed by atoms with Crippen molar-refractivity contribution in [3.05, 3.63) is 112 Å². The molecule has 0 radical (unpaired) electrons. The molecule has 12 heteroatoms. The van der Waals surface area contributed by atoms with E-state index in [1.165, 1.54) is 51.0 Å². The van der Waals surface area contributed by atoms with Crippen molar-refractivity contribution in [3.8, 4) is 23.0 Å². The van der Waals surface area contributed by atoms with E-state index in [0.717, 1.165) is 10.1 Å². The lowest BCUT2D eigenvalue weighted by molar-refractivity contribution is 0.0739. The van der Waals surface area contributed by atoms with Gasteiger partial charge in [-0.25, -0.2) is 10.2 Å². The summed E-state index contributed by atoms with van der Waals surface area (Å²) in [4.78, 5) is 38.8. The normalized spacial score (nSPS) is 10.8. The van der Waals surface area contributed by atoms with E-state index in [-0.39, 0.29) is 5.75 Å². The summed E-state index contributed by atoms with van der Waals surface area (Å²) in [6.45, 7) is 0. The lowest BCUT2D eigenvalue weighted by Gasteiger charge is -2.14. The SMILES string of the molecule is COc1cc(C(=O)Nc2ccc(C(=O)N/N=C\c3ccccc3OC(=O)c3sc4ccccc4c3Cl)cc2)cc(OC)c1OC. The second kappa shape index (κ2) is 13.9. The summed E-state index contributed by atoms with van der Waals surface area (Å²) in [5.41, 5.74) is 3.97. The molecule has 4 aromatic carbocycles. The number of carbonyl (C=O) groups excluding carboxylic acids is 3. The number of anilines is 1. The first-order chi connectivity index (χ1) is 21.8. The summed E-state index contributed by atoms with van der Waals surface area (Å²) < 4.78 is 22.4. The van der Waals surface area contributed by atoms with Crippen LogP contribution in [0.2, 0.25) is 5.02 Å². The number of thiophene rings is 1. The van der Waals surface area contributed by atoms with Gasteiger partial charge in [0.25, 0.3) is 11.8 Å². The van der Waals surface area contributed by atoms with Crippen molar-refractivity contribution in [3.63, 3.8) is 0 Å². The average molecular weight is 644 g/mol. The molecule has 228 valence electrons. The van der Waals surface area contributed by atoms with Gasteiger partial charge in [0.1, 0.15) is 10.6 Å². The summed E-state index contributed by atoms with van der Waals surface area (Å²) in [6.07, 6.45) is 1.37. The van der Waals surface area contributed by atoms with Crippen molar-refractivity contribution in [2.75, 3.05) is 26.6 Å². The van der Waals surface area contributed by atoms with E-state index in [9.17, 15) is 14.4 Å². The third kappa shape index (κ3) is 6.90. The van der Waals surface area contributed by atoms with E-state index in [4.69, 9.17) is 30.5 Å². The first-order valence-electron chi connectivity index (χ1n) is 13.4. The highest BCUT2D eigenvalue weighted by Gasteiger charge is 2.20. The van der Waals surface area contributed by atoms with Gasteiger partial charge in [0, 0.05) is 32.5 Å². The first kappa shape index (κ1) is 31.0. The van der Waals surface area contributed by atoms with Crippen molar-refractivity contribution < 1.29 is 33.3 Å². The Balaban J connectivity index is 1.21. The lowest BCUT2D eigenvalue weighted by Crippen LogP contribution is -2.18. The summed E-state index contributed by atoms with van der Waals surface area (Å²) >= 11 is 7.68. The van der Waals surface area contributed by atoms with E-state index in [2.05, 4.69) is 15.8 Å². The van der Waals surface area contributed by atoms with Crippen molar-refractivity contribution in [2.24, 2.45) is 5.10 Å². The number of nitrogens with one attached hydrogen (secondary N) is 2. The number of para-hydroxylation sites is 1. The van der Waals surface area contributed by atoms with Crippen molar-refractivity contribution >= 4 is 62.7 Å². The molecular weight excluding hydrogens is 618 g/mol. The number of ether oxygens (including phenoxy) is 4. The van der Waals surface area contributed by atoms with Crippen LogP contribution in [0.1, 0.15) is 36.0 Å². The van der Waals surface area contributed by atoms with Crippen LogP contribution < -0.4 is 29.7 Å². The van der Waals surface area contributed by atoms with Gasteiger partial charge >= 0.3 is 5.97 Å². The predicted molar refractivity (Wildman–Crippen MR) is 174 cm³/mol. The predicted octanol–water partition coefficient (Wildman–Crippen LogP) is 6.82. The summed E-state index contributed by atoms with van der Waals surface area (Å²) in [5, 5.41) is 7.92. The minimum atomic E-state index is -0.594. The quantitative estimate of drug-likeness (QED) is 0.0741. The zero-order valence-electron chi connectivity index (χ0n) is 24.3. The van der Waals surface area contributed by atoms with Crippen LogP contribution in [0.25, 0.3) is 10.1 Å². The molecule has 1 heterocycles. The number of benzene rings is 4. The van der Waals surface area contributed by atoms with Gasteiger partial charge in [-0.15, -0.1) is 11.3 Å². The second-order valence-corrected chi connectivity index (χ2v) is 10.7. The Morgan fingerprint density at radius 2 is 1.44 bits per heavy atom. The molecule has 10 nitrogen and oxygen atoms in total. The van der Waals surface area contributed by atoms with E-state index in [1.54, 1.807) is 48.5 Å². The van der Waals surface area contributed by atoms with Gasteiger partial charge in [0.2, 0.25) is 5.75 Å². The van der Waals surface area contributed by atoms with Gasteiger partial charge in [-0.3, -0.25) is 9.59 Å². The van der Waals surface area contributed by atoms with Gasteiger partial charge < -0.3 is 24.3 Å². The summed E-state index contributed by atoms with van der Waals surface area (Å²) in [6, 6.07) is 23.5. The number of fused-ring (bicyclic) bond motifs is 1. The average Bonchev–Trinajstić information content (AvgIpc) is 3.41. The maximum Gasteiger partial charge on any atom is 0.355 e. The molecule has 1 aromatic heterocycles. The van der Waals surface area contributed by atoms with Gasteiger partial charge in [0.15, 0.2) is 11.5 Å². The molecule has 0 atom stereocenters. The number of rotatable bonds is 10. The van der Waals surface area contributed by atoms with Crippen LogP contribution in [0.4, 0.5) is 5.69 Å². The fourth-order valence-electron chi connectivity index (χ4n) is 4.32. The Morgan fingerprint density at radius 1 is 0.778 bits per heavy atom. The second-order valence-electron chi connectivity index (χ2n) is 9.31. The fourth-order valence-corrected chi connectivity index (χ4v) is 5.70. The van der Waals surface area contributed by atoms with Crippen LogP contribution in [-0.4, -0.2) is 45.3 Å². The largest absolute Gasteiger partial charge is 0.493 e. The van der Waals surface area contributed by atoms with Crippen LogP contribution in [0.5, 0.6) is 23.0 Å². The highest BCUT2D eigenvalue weighted by molar-refractivity contribution is 7.21. The Bertz CT molecular complexity index is 1900. The monoisotopic (exact) mass is 643 g/mol. The number of hydrogen-bond donors (Lipinski definition) is 2. The summed E-state index contributed by atoms with van der Waals surface area (Å²) in [5.74, 6) is -0.182. The molecule has 5 aromatic rings. The molecule has 0 unspecified atom stereocenters. The Labute approximate surface area is 267 Å². The molecule has 0 bridgehead atoms. The number of halogens is 1. The van der Waals surface area contributed by atoms with Gasteiger partial charge in [-0.2, -0.15) is 5.10 Å². The van der Waals surface area contributed by atoms with Gasteiger partial charge in [0.05, 0.1) is 32.6 Å². The molecule has 0 fully saturated rings. The minimum Gasteiger partial charge on any atom is -0.493 e. The van der Waals surface area contributed by atoms with E-state index in [1.807, 2.05) is 24.3 Å². The van der Waals surface area contributed by atoms with Crippen molar-refractivity contribution in [2.45, 2.75) is 0 Å². The van der Waals surface area contributed by atoms with E-state index in [0.29, 0.717) is 49.5 Å². The number of carbonyl (C=O) groups is 3. The number of amides is 2. The van der Waals surface area contributed by atoms with Gasteiger partial charge in [-0.05, 0) is 54.6 Å². The molecule has 0 spiro atoms. The highest BCUT2D eigenvalue weighted by Crippen LogP contribution is 2.38. The Hall–Kier alpha value is -5.39. The molecule has 0 saturated heterocycles. The molecule has 2 N–H and O–H groups in total. The number of nitrogens with zero attached hydrogens (tertiary/aromatic N) is 1. The number of hydrazone groups is 1. The van der Waals surface area contributed by atoms with Crippen LogP contribution in [-0.2, 0) is 0 Å².